The highest BCUT2D eigenvalue weighted by atomic mass is 16.5. The van der Waals surface area contributed by atoms with Crippen LogP contribution in [0, 0.1) is 0 Å². The van der Waals surface area contributed by atoms with E-state index in [1.807, 2.05) is 0 Å². The molecule has 0 unspecified atom stereocenters. The Balaban J connectivity index is 3.80. The summed E-state index contributed by atoms with van der Waals surface area (Å²) in [5, 5.41) is 0. The number of ether oxygens (including phenoxy) is 2. The molecule has 0 heterocycles. The van der Waals surface area contributed by atoms with Gasteiger partial charge in [-0.3, -0.25) is 4.79 Å². The van der Waals surface area contributed by atoms with Gasteiger partial charge in [0.1, 0.15) is 0 Å². The van der Waals surface area contributed by atoms with Crippen LogP contribution in [-0.2, 0) is 14.3 Å². The molecular weight excluding hydrogens is 132 g/mol. The maximum Gasteiger partial charge on any atom is 0.308 e. The van der Waals surface area contributed by atoms with Crippen molar-refractivity contribution in [2.45, 2.75) is 26.3 Å². The fourth-order valence-corrected chi connectivity index (χ4v) is 0.450. The minimum Gasteiger partial charge on any atom is -0.466 e. The third-order valence-corrected chi connectivity index (χ3v) is 1.03. The number of hydrogen-bond acceptors (Lipinski definition) is 3. The molecule has 0 spiro atoms. The monoisotopic (exact) mass is 147 g/mol. The zero-order chi connectivity index (χ0) is 8.85. The molecule has 0 fully saturated rings. The van der Waals surface area contributed by atoms with Gasteiger partial charge in [0, 0.05) is 8.48 Å². The lowest BCUT2D eigenvalue weighted by Crippen LogP contribution is -2.14. The Hall–Kier alpha value is -0.570. The molecule has 0 aliphatic rings. The molecule has 0 rings (SSSR count). The van der Waals surface area contributed by atoms with Crippen LogP contribution < -0.4 is 0 Å². The third kappa shape index (κ3) is 4.32. The molecule has 0 aliphatic carbocycles. The first-order chi connectivity index (χ1) is 5.13. The van der Waals surface area contributed by atoms with Crippen LogP contribution in [0.3, 0.4) is 0 Å². The van der Waals surface area contributed by atoms with Gasteiger partial charge in [0.2, 0.25) is 0 Å². The highest BCUT2D eigenvalue weighted by Gasteiger charge is 2.07. The number of rotatable bonds is 4. The predicted octanol–water partition coefficient (Wildman–Crippen LogP) is 0.975. The van der Waals surface area contributed by atoms with E-state index in [2.05, 4.69) is 4.74 Å². The van der Waals surface area contributed by atoms with E-state index in [0.29, 0.717) is 6.61 Å². The molecule has 0 amide bonds. The molecule has 3 heteroatoms. The summed E-state index contributed by atoms with van der Waals surface area (Å²) in [4.78, 5) is 10.9. The first kappa shape index (κ1) is 7.54. The van der Waals surface area contributed by atoms with Crippen LogP contribution >= 0.6 is 0 Å². The fourth-order valence-electron chi connectivity index (χ4n) is 0.450. The third-order valence-electron chi connectivity index (χ3n) is 1.03. The minimum atomic E-state index is -0.931. The van der Waals surface area contributed by atoms with E-state index in [1.165, 1.54) is 7.11 Å². The van der Waals surface area contributed by atoms with Crippen LogP contribution in [0.15, 0.2) is 0 Å². The fraction of sp³-hybridized carbons (Fsp3) is 0.857. The largest absolute Gasteiger partial charge is 0.466 e. The van der Waals surface area contributed by atoms with Crippen LogP contribution in [0.25, 0.3) is 0 Å². The van der Waals surface area contributed by atoms with Crippen molar-refractivity contribution in [3.63, 3.8) is 0 Å². The molecule has 3 nitrogen and oxygen atoms in total. The first-order valence-electron chi connectivity index (χ1n) is 3.82. The molecule has 0 aromatic rings. The molecular formula is C7H14O3. The van der Waals surface area contributed by atoms with E-state index in [9.17, 15) is 4.79 Å². The Labute approximate surface area is 62.7 Å². The minimum absolute atomic E-state index is 0.310. The number of carbonyl (C=O) groups is 1. The normalized spacial score (nSPS) is 17.3. The summed E-state index contributed by atoms with van der Waals surface area (Å²) < 4.78 is 16.7. The zero-order valence-electron chi connectivity index (χ0n) is 7.59. The number of methoxy groups -OCH3 is 1. The van der Waals surface area contributed by atoms with Crippen molar-refractivity contribution in [1.82, 2.24) is 0 Å². The number of hydrogen-bond donors (Lipinski definition) is 0. The number of esters is 1. The van der Waals surface area contributed by atoms with Crippen LogP contribution in [0.1, 0.15) is 21.6 Å². The maximum absolute atomic E-state index is 10.9. The van der Waals surface area contributed by atoms with Crippen molar-refractivity contribution in [2.75, 3.05) is 13.7 Å². The van der Waals surface area contributed by atoms with Gasteiger partial charge in [-0.15, -0.1) is 0 Å². The average Bonchev–Trinajstić information content (AvgIpc) is 2.02. The van der Waals surface area contributed by atoms with Gasteiger partial charge in [0.15, 0.2) is 0 Å². The molecule has 0 N–H and O–H groups in total. The summed E-state index contributed by atoms with van der Waals surface area (Å²) in [6, 6.07) is 0. The van der Waals surface area contributed by atoms with Gasteiger partial charge in [-0.1, -0.05) is 0 Å². The average molecular weight is 147 g/mol. The topological polar surface area (TPSA) is 35.5 Å². The molecule has 0 saturated heterocycles. The van der Waals surface area contributed by atoms with Crippen molar-refractivity contribution in [3.05, 3.63) is 0 Å². The lowest BCUT2D eigenvalue weighted by molar-refractivity contribution is -0.145. The van der Waals surface area contributed by atoms with Gasteiger partial charge in [0.05, 0.1) is 19.1 Å². The molecule has 60 valence electrons. The molecule has 0 aromatic heterocycles. The Morgan fingerprint density at radius 3 is 2.80 bits per heavy atom. The van der Waals surface area contributed by atoms with E-state index in [-0.39, 0.29) is 0 Å². The van der Waals surface area contributed by atoms with E-state index in [4.69, 9.17) is 6.11 Å². The van der Waals surface area contributed by atoms with Crippen molar-refractivity contribution in [2.24, 2.45) is 0 Å². The van der Waals surface area contributed by atoms with Gasteiger partial charge < -0.3 is 9.47 Å². The Morgan fingerprint density at radius 2 is 2.40 bits per heavy atom. The van der Waals surface area contributed by atoms with Crippen LogP contribution in [-0.4, -0.2) is 25.8 Å². The lowest BCUT2D eigenvalue weighted by Gasteiger charge is -2.07. The number of carbonyl (C=O) groups excluding carboxylic acids is 1. The second-order valence-electron chi connectivity index (χ2n) is 1.86. The summed E-state index contributed by atoms with van der Waals surface area (Å²) in [5.41, 5.74) is 0. The van der Waals surface area contributed by atoms with Gasteiger partial charge in [-0.05, 0) is 13.8 Å². The Bertz CT molecular complexity index is 127. The zero-order valence-corrected chi connectivity index (χ0v) is 6.59. The molecule has 0 saturated carbocycles. The summed E-state index contributed by atoms with van der Waals surface area (Å²) >= 11 is 0. The van der Waals surface area contributed by atoms with E-state index in [1.54, 1.807) is 13.8 Å². The molecule has 0 aliphatic heterocycles. The second-order valence-corrected chi connectivity index (χ2v) is 1.86. The maximum atomic E-state index is 10.9. The standard InChI is InChI=1S/C7H14O3/c1-4-10-7(8)5-6(2)9-3/h6H,4-5H2,1-3H3/t6-/m0/s1/i5D/t5-,6-. The second kappa shape index (κ2) is 5.23. The van der Waals surface area contributed by atoms with Crippen molar-refractivity contribution < 1.29 is 15.6 Å². The van der Waals surface area contributed by atoms with E-state index < -0.39 is 18.5 Å². The van der Waals surface area contributed by atoms with E-state index in [0.717, 1.165) is 0 Å². The van der Waals surface area contributed by atoms with Gasteiger partial charge in [0.25, 0.3) is 0 Å². The van der Waals surface area contributed by atoms with Gasteiger partial charge >= 0.3 is 5.97 Å². The summed E-state index contributed by atoms with van der Waals surface area (Å²) in [6.45, 7) is 3.68. The smallest absolute Gasteiger partial charge is 0.308 e. The predicted molar refractivity (Wildman–Crippen MR) is 37.7 cm³/mol. The van der Waals surface area contributed by atoms with Gasteiger partial charge in [-0.25, -0.2) is 0 Å². The summed E-state index contributed by atoms with van der Waals surface area (Å²) in [7, 11) is 1.46. The van der Waals surface area contributed by atoms with Crippen LogP contribution in [0.2, 0.25) is 0 Å². The Morgan fingerprint density at radius 1 is 1.80 bits per heavy atom. The molecule has 0 bridgehead atoms. The molecule has 0 aromatic carbocycles. The highest BCUT2D eigenvalue weighted by Crippen LogP contribution is 1.96. The van der Waals surface area contributed by atoms with E-state index >= 15 is 0 Å². The summed E-state index contributed by atoms with van der Waals surface area (Å²) in [6.07, 6.45) is -1.34. The summed E-state index contributed by atoms with van der Waals surface area (Å²) in [5.74, 6) is -0.526. The van der Waals surface area contributed by atoms with Crippen LogP contribution in [0.5, 0.6) is 0 Å². The van der Waals surface area contributed by atoms with Crippen molar-refractivity contribution >= 4 is 5.97 Å². The van der Waals surface area contributed by atoms with Crippen LogP contribution in [0.4, 0.5) is 0 Å². The molecule has 0 radical (unpaired) electrons. The SMILES string of the molecule is [2H][C@H](C(=O)OCC)[C@H](C)OC. The molecule has 10 heavy (non-hydrogen) atoms. The highest BCUT2D eigenvalue weighted by molar-refractivity contribution is 5.69. The quantitative estimate of drug-likeness (QED) is 0.556. The lowest BCUT2D eigenvalue weighted by atomic mass is 10.3. The van der Waals surface area contributed by atoms with Crippen molar-refractivity contribution in [3.8, 4) is 0 Å². The van der Waals surface area contributed by atoms with Gasteiger partial charge in [-0.2, -0.15) is 0 Å². The molecule has 2 atom stereocenters. The first-order valence-corrected chi connectivity index (χ1v) is 3.25. The van der Waals surface area contributed by atoms with Crippen molar-refractivity contribution in [1.29, 1.82) is 0 Å². The Kier molecular flexibility index (Phi) is 3.94.